The highest BCUT2D eigenvalue weighted by atomic mass is 35.5. The maximum atomic E-state index is 12.3. The minimum absolute atomic E-state index is 0. The predicted molar refractivity (Wildman–Crippen MR) is 99.7 cm³/mol. The molecular weight excluding hydrogens is 326 g/mol. The van der Waals surface area contributed by atoms with Gasteiger partial charge < -0.3 is 16.4 Å². The van der Waals surface area contributed by atoms with Gasteiger partial charge in [0.15, 0.2) is 0 Å². The molecule has 0 radical (unpaired) electrons. The van der Waals surface area contributed by atoms with Crippen LogP contribution in [-0.2, 0) is 4.79 Å². The number of carbonyl (C=O) groups is 2. The van der Waals surface area contributed by atoms with Crippen LogP contribution in [0.15, 0.2) is 18.2 Å². The molecule has 1 aromatic carbocycles. The number of nitrogens with one attached hydrogen (secondary N) is 2. The number of hydrogen-bond acceptors (Lipinski definition) is 3. The number of hydrogen-bond donors (Lipinski definition) is 3. The van der Waals surface area contributed by atoms with Gasteiger partial charge in [-0.2, -0.15) is 0 Å². The van der Waals surface area contributed by atoms with Crippen molar-refractivity contribution in [3.8, 4) is 0 Å². The van der Waals surface area contributed by atoms with Gasteiger partial charge >= 0.3 is 0 Å². The molecule has 1 saturated carbocycles. The average Bonchev–Trinajstić information content (AvgIpc) is 3.02. The van der Waals surface area contributed by atoms with Crippen molar-refractivity contribution in [3.63, 3.8) is 0 Å². The summed E-state index contributed by atoms with van der Waals surface area (Å²) < 4.78 is 0. The second-order valence-corrected chi connectivity index (χ2v) is 6.37. The first-order chi connectivity index (χ1) is 11.0. The Morgan fingerprint density at radius 3 is 2.54 bits per heavy atom. The van der Waals surface area contributed by atoms with Gasteiger partial charge in [0.1, 0.15) is 0 Å². The van der Waals surface area contributed by atoms with Gasteiger partial charge in [-0.25, -0.2) is 0 Å². The summed E-state index contributed by atoms with van der Waals surface area (Å²) in [5.74, 6) is -0.223. The standard InChI is InChI=1S/C18H27N3O2.ClH/c1-3-6-15(19)18(23)21-16-10-9-13(11-12(16)2)17(22)20-14-7-4-5-8-14;/h9-11,14-15H,3-8,19H2,1-2H3,(H,20,22)(H,21,23);1H. The van der Waals surface area contributed by atoms with E-state index in [0.717, 1.165) is 24.8 Å². The van der Waals surface area contributed by atoms with E-state index in [4.69, 9.17) is 5.73 Å². The molecule has 0 aromatic heterocycles. The highest BCUT2D eigenvalue weighted by molar-refractivity contribution is 5.98. The molecule has 6 heteroatoms. The van der Waals surface area contributed by atoms with Crippen molar-refractivity contribution in [2.24, 2.45) is 5.73 Å². The third-order valence-corrected chi connectivity index (χ3v) is 4.37. The lowest BCUT2D eigenvalue weighted by Gasteiger charge is -2.15. The van der Waals surface area contributed by atoms with Crippen LogP contribution in [0.25, 0.3) is 0 Å². The minimum Gasteiger partial charge on any atom is -0.349 e. The van der Waals surface area contributed by atoms with Crippen molar-refractivity contribution in [3.05, 3.63) is 29.3 Å². The van der Waals surface area contributed by atoms with Crippen LogP contribution in [0, 0.1) is 6.92 Å². The molecule has 0 spiro atoms. The second-order valence-electron chi connectivity index (χ2n) is 6.37. The zero-order valence-electron chi connectivity index (χ0n) is 14.4. The Morgan fingerprint density at radius 1 is 1.29 bits per heavy atom. The van der Waals surface area contributed by atoms with E-state index in [1.165, 1.54) is 12.8 Å². The lowest BCUT2D eigenvalue weighted by Crippen LogP contribution is -2.35. The van der Waals surface area contributed by atoms with Gasteiger partial charge in [-0.3, -0.25) is 9.59 Å². The number of rotatable bonds is 6. The molecule has 2 amide bonds. The maximum absolute atomic E-state index is 12.3. The number of nitrogens with two attached hydrogens (primary N) is 1. The zero-order valence-corrected chi connectivity index (χ0v) is 15.2. The Morgan fingerprint density at radius 2 is 1.96 bits per heavy atom. The van der Waals surface area contributed by atoms with Crippen LogP contribution >= 0.6 is 12.4 Å². The first kappa shape index (κ1) is 20.5. The Bertz CT molecular complexity index is 571. The van der Waals surface area contributed by atoms with Gasteiger partial charge in [-0.05, 0) is 49.9 Å². The summed E-state index contributed by atoms with van der Waals surface area (Å²) >= 11 is 0. The lowest BCUT2D eigenvalue weighted by molar-refractivity contribution is -0.117. The summed E-state index contributed by atoms with van der Waals surface area (Å²) in [5.41, 5.74) is 8.02. The summed E-state index contributed by atoms with van der Waals surface area (Å²) in [4.78, 5) is 24.2. The summed E-state index contributed by atoms with van der Waals surface area (Å²) in [7, 11) is 0. The molecule has 1 aromatic rings. The van der Waals surface area contributed by atoms with Crippen molar-refractivity contribution in [2.75, 3.05) is 5.32 Å². The van der Waals surface area contributed by atoms with Gasteiger partial charge in [-0.15, -0.1) is 12.4 Å². The van der Waals surface area contributed by atoms with Crippen LogP contribution in [0.5, 0.6) is 0 Å². The molecule has 4 N–H and O–H groups in total. The van der Waals surface area contributed by atoms with E-state index in [-0.39, 0.29) is 24.2 Å². The Balaban J connectivity index is 0.00000288. The number of benzene rings is 1. The highest BCUT2D eigenvalue weighted by Crippen LogP contribution is 2.20. The largest absolute Gasteiger partial charge is 0.349 e. The van der Waals surface area contributed by atoms with Gasteiger partial charge in [0.05, 0.1) is 6.04 Å². The Kier molecular flexibility index (Phi) is 8.22. The summed E-state index contributed by atoms with van der Waals surface area (Å²) in [6.45, 7) is 3.88. The molecule has 1 aliphatic carbocycles. The van der Waals surface area contributed by atoms with Crippen LogP contribution in [0.3, 0.4) is 0 Å². The second kappa shape index (κ2) is 9.64. The molecule has 1 fully saturated rings. The third kappa shape index (κ3) is 5.49. The molecule has 1 unspecified atom stereocenters. The Hall–Kier alpha value is -1.59. The molecule has 5 nitrogen and oxygen atoms in total. The van der Waals surface area contributed by atoms with E-state index in [2.05, 4.69) is 10.6 Å². The van der Waals surface area contributed by atoms with Crippen LogP contribution in [0.4, 0.5) is 5.69 Å². The highest BCUT2D eigenvalue weighted by Gasteiger charge is 2.19. The van der Waals surface area contributed by atoms with Gasteiger partial charge in [-0.1, -0.05) is 26.2 Å². The van der Waals surface area contributed by atoms with E-state index in [1.54, 1.807) is 12.1 Å². The first-order valence-electron chi connectivity index (χ1n) is 8.49. The lowest BCUT2D eigenvalue weighted by atomic mass is 10.1. The SMILES string of the molecule is CCCC(N)C(=O)Nc1ccc(C(=O)NC2CCCC2)cc1C.Cl. The molecule has 1 atom stereocenters. The topological polar surface area (TPSA) is 84.2 Å². The van der Waals surface area contributed by atoms with Crippen molar-refractivity contribution in [2.45, 2.75) is 64.5 Å². The molecular formula is C18H28ClN3O2. The molecule has 0 bridgehead atoms. The normalized spacial score (nSPS) is 15.5. The number of anilines is 1. The van der Waals surface area contributed by atoms with E-state index >= 15 is 0 Å². The summed E-state index contributed by atoms with van der Waals surface area (Å²) in [6, 6.07) is 5.14. The molecule has 0 heterocycles. The predicted octanol–water partition coefficient (Wildman–Crippen LogP) is 3.16. The van der Waals surface area contributed by atoms with Crippen LogP contribution in [0.1, 0.15) is 61.4 Å². The minimum atomic E-state index is -0.496. The number of amides is 2. The third-order valence-electron chi connectivity index (χ3n) is 4.37. The van der Waals surface area contributed by atoms with Crippen molar-refractivity contribution >= 4 is 29.9 Å². The van der Waals surface area contributed by atoms with Crippen molar-refractivity contribution in [1.82, 2.24) is 5.32 Å². The molecule has 1 aliphatic rings. The molecule has 24 heavy (non-hydrogen) atoms. The molecule has 0 aliphatic heterocycles. The fraction of sp³-hybridized carbons (Fsp3) is 0.556. The molecule has 0 saturated heterocycles. The van der Waals surface area contributed by atoms with Crippen LogP contribution < -0.4 is 16.4 Å². The van der Waals surface area contributed by atoms with E-state index in [0.29, 0.717) is 23.7 Å². The van der Waals surface area contributed by atoms with E-state index < -0.39 is 6.04 Å². The molecule has 2 rings (SSSR count). The smallest absolute Gasteiger partial charge is 0.251 e. The van der Waals surface area contributed by atoms with E-state index in [9.17, 15) is 9.59 Å². The quantitative estimate of drug-likeness (QED) is 0.734. The monoisotopic (exact) mass is 353 g/mol. The number of halogens is 1. The van der Waals surface area contributed by atoms with E-state index in [1.807, 2.05) is 19.9 Å². The van der Waals surface area contributed by atoms with Crippen LogP contribution in [-0.4, -0.2) is 23.9 Å². The van der Waals surface area contributed by atoms with Crippen molar-refractivity contribution in [1.29, 1.82) is 0 Å². The van der Waals surface area contributed by atoms with Gasteiger partial charge in [0.2, 0.25) is 5.91 Å². The number of aryl methyl sites for hydroxylation is 1. The summed E-state index contributed by atoms with van der Waals surface area (Å²) in [6.07, 6.45) is 6.03. The fourth-order valence-electron chi connectivity index (χ4n) is 2.95. The Labute approximate surface area is 150 Å². The summed E-state index contributed by atoms with van der Waals surface area (Å²) in [5, 5.41) is 5.91. The molecule has 134 valence electrons. The first-order valence-corrected chi connectivity index (χ1v) is 8.49. The average molecular weight is 354 g/mol. The van der Waals surface area contributed by atoms with Gasteiger partial charge in [0, 0.05) is 17.3 Å². The zero-order chi connectivity index (χ0) is 16.8. The van der Waals surface area contributed by atoms with Gasteiger partial charge in [0.25, 0.3) is 5.91 Å². The maximum Gasteiger partial charge on any atom is 0.251 e. The fourth-order valence-corrected chi connectivity index (χ4v) is 2.95. The number of carbonyl (C=O) groups excluding carboxylic acids is 2. The van der Waals surface area contributed by atoms with Crippen LogP contribution in [0.2, 0.25) is 0 Å². The van der Waals surface area contributed by atoms with Crippen molar-refractivity contribution < 1.29 is 9.59 Å².